The Kier molecular flexibility index (Phi) is 4.77. The summed E-state index contributed by atoms with van der Waals surface area (Å²) in [6, 6.07) is 12.8. The number of hydrazone groups is 1. The summed E-state index contributed by atoms with van der Waals surface area (Å²) in [6.07, 6.45) is 0. The van der Waals surface area contributed by atoms with Crippen LogP contribution in [-0.2, 0) is 4.79 Å². The van der Waals surface area contributed by atoms with E-state index in [-0.39, 0.29) is 16.7 Å². The van der Waals surface area contributed by atoms with E-state index in [1.165, 1.54) is 0 Å². The maximum Gasteiger partial charge on any atom is 0.276 e. The molecule has 2 aromatic rings. The number of carbonyl (C=O) groups is 1. The fourth-order valence-electron chi connectivity index (χ4n) is 2.18. The highest BCUT2D eigenvalue weighted by Crippen LogP contribution is 2.26. The van der Waals surface area contributed by atoms with Crippen LogP contribution in [0.4, 0.5) is 11.4 Å². The Bertz CT molecular complexity index is 836. The Morgan fingerprint density at radius 2 is 2.00 bits per heavy atom. The number of fused-ring (bicyclic) bond motifs is 1. The number of hydrogen-bond donors (Lipinski definition) is 3. The lowest BCUT2D eigenvalue weighted by molar-refractivity contribution is -0.110. The molecule has 1 aliphatic heterocycles. The molecule has 1 amide bonds. The third-order valence-corrected chi connectivity index (χ3v) is 4.00. The summed E-state index contributed by atoms with van der Waals surface area (Å²) >= 11 is 8.58. The number of ether oxygens (including phenoxy) is 1. The smallest absolute Gasteiger partial charge is 0.276 e. The normalized spacial score (nSPS) is 14.1. The van der Waals surface area contributed by atoms with Crippen LogP contribution in [0.3, 0.4) is 0 Å². The van der Waals surface area contributed by atoms with Crippen molar-refractivity contribution < 1.29 is 9.53 Å². The van der Waals surface area contributed by atoms with Crippen LogP contribution < -0.4 is 20.8 Å². The number of halogens is 1. The molecule has 8 heteroatoms. The van der Waals surface area contributed by atoms with Crippen molar-refractivity contribution >= 4 is 56.3 Å². The number of benzene rings is 2. The molecule has 0 bridgehead atoms. The van der Waals surface area contributed by atoms with Gasteiger partial charge in [-0.15, -0.1) is 0 Å². The van der Waals surface area contributed by atoms with E-state index in [4.69, 9.17) is 17.0 Å². The van der Waals surface area contributed by atoms with Gasteiger partial charge in [-0.05, 0) is 54.7 Å². The number of thiocarbonyl (C=S) groups is 1. The van der Waals surface area contributed by atoms with Crippen molar-refractivity contribution in [2.24, 2.45) is 5.10 Å². The monoisotopic (exact) mass is 404 g/mol. The molecule has 2 aromatic carbocycles. The number of methoxy groups -OCH3 is 1. The van der Waals surface area contributed by atoms with Gasteiger partial charge >= 0.3 is 0 Å². The first-order chi connectivity index (χ1) is 11.6. The summed E-state index contributed by atoms with van der Waals surface area (Å²) in [5.41, 5.74) is 5.20. The molecular weight excluding hydrogens is 392 g/mol. The molecule has 0 radical (unpaired) electrons. The van der Waals surface area contributed by atoms with Gasteiger partial charge in [0.2, 0.25) is 0 Å². The molecule has 0 saturated heterocycles. The number of hydrogen-bond acceptors (Lipinski definition) is 4. The van der Waals surface area contributed by atoms with Gasteiger partial charge in [0.1, 0.15) is 5.75 Å². The Labute approximate surface area is 152 Å². The molecule has 24 heavy (non-hydrogen) atoms. The second-order valence-corrected chi connectivity index (χ2v) is 6.22. The molecule has 0 unspecified atom stereocenters. The maximum atomic E-state index is 12.0. The predicted octanol–water partition coefficient (Wildman–Crippen LogP) is 3.10. The highest BCUT2D eigenvalue weighted by molar-refractivity contribution is 9.10. The van der Waals surface area contributed by atoms with E-state index in [1.54, 1.807) is 7.11 Å². The first-order valence-electron chi connectivity index (χ1n) is 6.97. The number of nitrogens with zero attached hydrogens (tertiary/aromatic N) is 1. The van der Waals surface area contributed by atoms with E-state index in [2.05, 4.69) is 37.1 Å². The van der Waals surface area contributed by atoms with E-state index in [0.29, 0.717) is 5.56 Å². The van der Waals surface area contributed by atoms with E-state index in [9.17, 15) is 4.79 Å². The first kappa shape index (κ1) is 16.4. The zero-order chi connectivity index (χ0) is 17.1. The zero-order valence-electron chi connectivity index (χ0n) is 12.6. The van der Waals surface area contributed by atoms with Crippen molar-refractivity contribution in [2.45, 2.75) is 0 Å². The van der Waals surface area contributed by atoms with Gasteiger partial charge < -0.3 is 15.4 Å². The lowest BCUT2D eigenvalue weighted by Crippen LogP contribution is -2.27. The van der Waals surface area contributed by atoms with Crippen LogP contribution in [-0.4, -0.2) is 23.8 Å². The third kappa shape index (κ3) is 3.55. The van der Waals surface area contributed by atoms with Gasteiger partial charge in [0.05, 0.1) is 12.8 Å². The molecule has 0 fully saturated rings. The average molecular weight is 405 g/mol. The lowest BCUT2D eigenvalue weighted by Gasteiger charge is -2.08. The predicted molar refractivity (Wildman–Crippen MR) is 102 cm³/mol. The molecule has 3 rings (SSSR count). The van der Waals surface area contributed by atoms with Crippen molar-refractivity contribution in [1.82, 2.24) is 5.43 Å². The lowest BCUT2D eigenvalue weighted by atomic mass is 10.1. The van der Waals surface area contributed by atoms with Gasteiger partial charge in [0, 0.05) is 15.7 Å². The number of carbonyl (C=O) groups excluding carboxylic acids is 1. The molecule has 1 heterocycles. The highest BCUT2D eigenvalue weighted by Gasteiger charge is 2.26. The molecular formula is C16H13BrN4O2S. The highest BCUT2D eigenvalue weighted by atomic mass is 79.9. The molecule has 6 nitrogen and oxygen atoms in total. The second kappa shape index (κ2) is 6.98. The molecule has 0 aromatic heterocycles. The summed E-state index contributed by atoms with van der Waals surface area (Å²) in [5, 5.41) is 10.1. The van der Waals surface area contributed by atoms with Gasteiger partial charge in [0.15, 0.2) is 10.8 Å². The van der Waals surface area contributed by atoms with Crippen molar-refractivity contribution in [3.63, 3.8) is 0 Å². The fraction of sp³-hybridized carbons (Fsp3) is 0.0625. The maximum absolute atomic E-state index is 12.0. The number of nitrogens with one attached hydrogen (secondary N) is 3. The fourth-order valence-corrected chi connectivity index (χ4v) is 2.70. The second-order valence-electron chi connectivity index (χ2n) is 4.90. The Hall–Kier alpha value is -2.45. The van der Waals surface area contributed by atoms with Gasteiger partial charge in [-0.2, -0.15) is 5.10 Å². The molecule has 0 aliphatic carbocycles. The topological polar surface area (TPSA) is 74.8 Å². The van der Waals surface area contributed by atoms with Crippen LogP contribution in [0.2, 0.25) is 0 Å². The van der Waals surface area contributed by atoms with Crippen molar-refractivity contribution in [2.75, 3.05) is 17.7 Å². The summed E-state index contributed by atoms with van der Waals surface area (Å²) in [7, 11) is 1.60. The summed E-state index contributed by atoms with van der Waals surface area (Å²) < 4.78 is 5.96. The SMILES string of the molecule is COc1ccc(NC(=S)N/N=C2\C(=O)Nc3ccc(Br)cc32)cc1. The van der Waals surface area contributed by atoms with E-state index >= 15 is 0 Å². The third-order valence-electron chi connectivity index (χ3n) is 3.32. The van der Waals surface area contributed by atoms with Crippen LogP contribution in [0.5, 0.6) is 5.75 Å². The van der Waals surface area contributed by atoms with E-state index in [1.807, 2.05) is 42.5 Å². The minimum absolute atomic E-state index is 0.275. The van der Waals surface area contributed by atoms with E-state index in [0.717, 1.165) is 21.6 Å². The molecule has 0 spiro atoms. The minimum Gasteiger partial charge on any atom is -0.497 e. The molecule has 3 N–H and O–H groups in total. The van der Waals surface area contributed by atoms with Crippen molar-refractivity contribution in [1.29, 1.82) is 0 Å². The average Bonchev–Trinajstić information content (AvgIpc) is 2.88. The van der Waals surface area contributed by atoms with Gasteiger partial charge in [-0.25, -0.2) is 0 Å². The Balaban J connectivity index is 1.70. The van der Waals surface area contributed by atoms with Gasteiger partial charge in [-0.3, -0.25) is 10.2 Å². The standard InChI is InChI=1S/C16H13BrN4O2S/c1-23-11-5-3-10(4-6-11)18-16(24)21-20-14-12-8-9(17)2-7-13(12)19-15(14)22/h2-8H,1H3,(H2,18,21,24)(H,19,20,22). The molecule has 1 aliphatic rings. The molecule has 0 saturated carbocycles. The summed E-state index contributed by atoms with van der Waals surface area (Å²) in [4.78, 5) is 12.0. The van der Waals surface area contributed by atoms with Crippen LogP contribution in [0, 0.1) is 0 Å². The van der Waals surface area contributed by atoms with Gasteiger partial charge in [0.25, 0.3) is 5.91 Å². The van der Waals surface area contributed by atoms with Crippen molar-refractivity contribution in [3.05, 3.63) is 52.5 Å². The van der Waals surface area contributed by atoms with Crippen LogP contribution in [0.1, 0.15) is 5.56 Å². The largest absolute Gasteiger partial charge is 0.497 e. The quantitative estimate of drug-likeness (QED) is 0.541. The minimum atomic E-state index is -0.275. The summed E-state index contributed by atoms with van der Waals surface area (Å²) in [6.45, 7) is 0. The van der Waals surface area contributed by atoms with Crippen LogP contribution in [0.25, 0.3) is 0 Å². The molecule has 122 valence electrons. The first-order valence-corrected chi connectivity index (χ1v) is 8.17. The number of amides is 1. The summed E-state index contributed by atoms with van der Waals surface area (Å²) in [5.74, 6) is 0.479. The van der Waals surface area contributed by atoms with Gasteiger partial charge in [-0.1, -0.05) is 15.9 Å². The van der Waals surface area contributed by atoms with E-state index < -0.39 is 0 Å². The zero-order valence-corrected chi connectivity index (χ0v) is 15.0. The van der Waals surface area contributed by atoms with Crippen LogP contribution in [0.15, 0.2) is 52.0 Å². The molecule has 0 atom stereocenters. The Morgan fingerprint density at radius 1 is 1.25 bits per heavy atom. The number of anilines is 2. The number of rotatable bonds is 3. The van der Waals surface area contributed by atoms with Crippen LogP contribution >= 0.6 is 28.1 Å². The van der Waals surface area contributed by atoms with Crippen molar-refractivity contribution in [3.8, 4) is 5.75 Å². The Morgan fingerprint density at radius 3 is 2.71 bits per heavy atom.